The van der Waals surface area contributed by atoms with Crippen LogP contribution in [0.5, 0.6) is 5.75 Å². The summed E-state index contributed by atoms with van der Waals surface area (Å²) >= 11 is 0. The molecule has 2 aliphatic rings. The SMILES string of the molecule is C=CCN1C[C@H](C)N([C@H](c2ccc(C3N=CNN3CCCCC(=O)O)cc2)c2cccc(O)c2)C[C@H]1C. The van der Waals surface area contributed by atoms with E-state index in [1.807, 2.05) is 23.2 Å². The molecule has 0 saturated carbocycles. The molecule has 1 unspecified atom stereocenters. The van der Waals surface area contributed by atoms with Gasteiger partial charge < -0.3 is 15.6 Å². The summed E-state index contributed by atoms with van der Waals surface area (Å²) in [6.07, 6.45) is 5.15. The summed E-state index contributed by atoms with van der Waals surface area (Å²) in [5, 5.41) is 21.2. The van der Waals surface area contributed by atoms with Crippen molar-refractivity contribution in [1.29, 1.82) is 0 Å². The highest BCUT2D eigenvalue weighted by Crippen LogP contribution is 2.35. The monoisotopic (exact) mass is 505 g/mol. The molecule has 0 aliphatic carbocycles. The van der Waals surface area contributed by atoms with Gasteiger partial charge in [0.1, 0.15) is 11.9 Å². The Morgan fingerprint density at radius 3 is 2.62 bits per heavy atom. The van der Waals surface area contributed by atoms with Gasteiger partial charge >= 0.3 is 5.97 Å². The smallest absolute Gasteiger partial charge is 0.303 e. The van der Waals surface area contributed by atoms with Crippen LogP contribution >= 0.6 is 0 Å². The molecule has 198 valence electrons. The molecular formula is C29H39N5O3. The number of nitrogens with one attached hydrogen (secondary N) is 1. The first-order valence-corrected chi connectivity index (χ1v) is 13.1. The Labute approximate surface area is 219 Å². The summed E-state index contributed by atoms with van der Waals surface area (Å²) in [5.74, 6) is -0.486. The summed E-state index contributed by atoms with van der Waals surface area (Å²) in [5.41, 5.74) is 6.51. The summed E-state index contributed by atoms with van der Waals surface area (Å²) in [6.45, 7) is 11.9. The lowest BCUT2D eigenvalue weighted by Crippen LogP contribution is -2.57. The average molecular weight is 506 g/mol. The minimum absolute atomic E-state index is 0.0156. The molecule has 1 saturated heterocycles. The van der Waals surface area contributed by atoms with Crippen molar-refractivity contribution in [2.75, 3.05) is 26.2 Å². The Kier molecular flexibility index (Phi) is 8.97. The van der Waals surface area contributed by atoms with Gasteiger partial charge in [-0.05, 0) is 55.5 Å². The molecule has 1 fully saturated rings. The summed E-state index contributed by atoms with van der Waals surface area (Å²) in [4.78, 5) is 20.4. The quantitative estimate of drug-likeness (QED) is 0.312. The summed E-state index contributed by atoms with van der Waals surface area (Å²) < 4.78 is 0. The molecule has 2 aliphatic heterocycles. The lowest BCUT2D eigenvalue weighted by Gasteiger charge is -2.47. The van der Waals surface area contributed by atoms with Crippen LogP contribution in [0.4, 0.5) is 0 Å². The lowest BCUT2D eigenvalue weighted by molar-refractivity contribution is -0.137. The second-order valence-corrected chi connectivity index (χ2v) is 10.1. The van der Waals surface area contributed by atoms with E-state index in [9.17, 15) is 9.90 Å². The fourth-order valence-electron chi connectivity index (χ4n) is 5.47. The molecule has 3 N–H and O–H groups in total. The predicted molar refractivity (Wildman–Crippen MR) is 146 cm³/mol. The highest BCUT2D eigenvalue weighted by Gasteiger charge is 2.34. The van der Waals surface area contributed by atoms with E-state index in [0.29, 0.717) is 18.5 Å². The van der Waals surface area contributed by atoms with Crippen molar-refractivity contribution >= 4 is 12.3 Å². The average Bonchev–Trinajstić information content (AvgIpc) is 3.34. The number of piperazine rings is 1. The van der Waals surface area contributed by atoms with Crippen LogP contribution in [0.3, 0.4) is 0 Å². The number of unbranched alkanes of at least 4 members (excludes halogenated alkanes) is 1. The Morgan fingerprint density at radius 1 is 1.14 bits per heavy atom. The van der Waals surface area contributed by atoms with E-state index >= 15 is 0 Å². The van der Waals surface area contributed by atoms with Gasteiger partial charge in [-0.25, -0.2) is 4.99 Å². The molecule has 2 heterocycles. The molecule has 37 heavy (non-hydrogen) atoms. The van der Waals surface area contributed by atoms with Crippen molar-refractivity contribution in [2.24, 2.45) is 4.99 Å². The van der Waals surface area contributed by atoms with Crippen LogP contribution in [-0.2, 0) is 4.79 Å². The minimum atomic E-state index is -0.759. The van der Waals surface area contributed by atoms with E-state index < -0.39 is 5.97 Å². The largest absolute Gasteiger partial charge is 0.508 e. The zero-order chi connectivity index (χ0) is 26.4. The number of hydrogen-bond donors (Lipinski definition) is 3. The topological polar surface area (TPSA) is 91.6 Å². The number of aromatic hydroxyl groups is 1. The van der Waals surface area contributed by atoms with E-state index in [-0.39, 0.29) is 24.4 Å². The van der Waals surface area contributed by atoms with Gasteiger partial charge in [0.25, 0.3) is 0 Å². The second kappa shape index (κ2) is 12.4. The number of carboxylic acid groups (broad SMARTS) is 1. The number of phenols is 1. The molecule has 0 radical (unpaired) electrons. The van der Waals surface area contributed by atoms with Gasteiger partial charge in [0.2, 0.25) is 0 Å². The van der Waals surface area contributed by atoms with Gasteiger partial charge in [0.05, 0.1) is 12.4 Å². The van der Waals surface area contributed by atoms with Crippen molar-refractivity contribution in [3.05, 3.63) is 77.9 Å². The Morgan fingerprint density at radius 2 is 1.92 bits per heavy atom. The maximum Gasteiger partial charge on any atom is 0.303 e. The van der Waals surface area contributed by atoms with Crippen LogP contribution < -0.4 is 5.43 Å². The standard InChI is InChI=1S/C29H39N5O3/c1-4-15-32-18-22(3)33(19-21(32)2)28(25-8-7-9-26(35)17-25)23-11-13-24(14-12-23)29-30-20-31-34(29)16-6-5-10-27(36)37/h4,7-9,11-14,17,20-22,28-29,35H,1,5-6,10,15-16,18-19H2,2-3H3,(H,30,31)(H,36,37)/t21-,22+,28-,29?/m1/s1. The third-order valence-electron chi connectivity index (χ3n) is 7.37. The molecule has 0 amide bonds. The molecule has 8 nitrogen and oxygen atoms in total. The molecule has 8 heteroatoms. The number of carboxylic acids is 1. The molecule has 0 spiro atoms. The number of aliphatic carboxylic acids is 1. The zero-order valence-electron chi connectivity index (χ0n) is 21.8. The highest BCUT2D eigenvalue weighted by atomic mass is 16.4. The zero-order valence-corrected chi connectivity index (χ0v) is 21.8. The Hall–Kier alpha value is -3.20. The molecule has 0 bridgehead atoms. The number of phenolic OH excluding ortho intramolecular Hbond substituents is 1. The van der Waals surface area contributed by atoms with E-state index in [1.54, 1.807) is 12.4 Å². The van der Waals surface area contributed by atoms with Gasteiger partial charge in [-0.1, -0.05) is 42.5 Å². The molecule has 4 atom stereocenters. The van der Waals surface area contributed by atoms with Gasteiger partial charge in [0.15, 0.2) is 0 Å². The normalized spacial score (nSPS) is 23.6. The van der Waals surface area contributed by atoms with E-state index in [1.165, 1.54) is 5.56 Å². The molecule has 4 rings (SSSR count). The van der Waals surface area contributed by atoms with E-state index in [2.05, 4.69) is 71.0 Å². The molecular weight excluding hydrogens is 466 g/mol. The van der Waals surface area contributed by atoms with Gasteiger partial charge in [0, 0.05) is 44.7 Å². The van der Waals surface area contributed by atoms with E-state index in [4.69, 9.17) is 5.11 Å². The van der Waals surface area contributed by atoms with Crippen molar-refractivity contribution in [1.82, 2.24) is 20.2 Å². The van der Waals surface area contributed by atoms with Crippen LogP contribution in [0.1, 0.15) is 62.0 Å². The maximum absolute atomic E-state index is 10.8. The van der Waals surface area contributed by atoms with Crippen LogP contribution in [0.15, 0.2) is 66.2 Å². The summed E-state index contributed by atoms with van der Waals surface area (Å²) in [7, 11) is 0. The number of hydrogen-bond acceptors (Lipinski definition) is 7. The molecule has 2 aromatic rings. The van der Waals surface area contributed by atoms with Crippen LogP contribution in [0, 0.1) is 0 Å². The van der Waals surface area contributed by atoms with Gasteiger partial charge in [-0.3, -0.25) is 14.6 Å². The van der Waals surface area contributed by atoms with Crippen molar-refractivity contribution in [2.45, 2.75) is 57.4 Å². The minimum Gasteiger partial charge on any atom is -0.508 e. The lowest BCUT2D eigenvalue weighted by atomic mass is 9.92. The van der Waals surface area contributed by atoms with Crippen LogP contribution in [-0.4, -0.2) is 75.6 Å². The predicted octanol–water partition coefficient (Wildman–Crippen LogP) is 4.16. The first-order valence-electron chi connectivity index (χ1n) is 13.1. The van der Waals surface area contributed by atoms with Crippen LogP contribution in [0.2, 0.25) is 0 Å². The number of hydrazine groups is 1. The first-order chi connectivity index (χ1) is 17.9. The van der Waals surface area contributed by atoms with Crippen molar-refractivity contribution in [3.8, 4) is 5.75 Å². The fraction of sp³-hybridized carbons (Fsp3) is 0.448. The summed E-state index contributed by atoms with van der Waals surface area (Å²) in [6, 6.07) is 16.9. The Balaban J connectivity index is 1.55. The first kappa shape index (κ1) is 26.9. The number of aliphatic imine (C=N–C) groups is 1. The number of nitrogens with zero attached hydrogens (tertiary/aromatic N) is 4. The van der Waals surface area contributed by atoms with Gasteiger partial charge in [-0.15, -0.1) is 6.58 Å². The Bertz CT molecular complexity index is 1090. The highest BCUT2D eigenvalue weighted by molar-refractivity contribution is 5.66. The third kappa shape index (κ3) is 6.57. The molecule has 2 aromatic carbocycles. The van der Waals surface area contributed by atoms with Crippen LogP contribution in [0.25, 0.3) is 0 Å². The number of carbonyl (C=O) groups is 1. The second-order valence-electron chi connectivity index (χ2n) is 10.1. The number of benzene rings is 2. The van der Waals surface area contributed by atoms with Crippen molar-refractivity contribution < 1.29 is 15.0 Å². The van der Waals surface area contributed by atoms with Crippen molar-refractivity contribution in [3.63, 3.8) is 0 Å². The maximum atomic E-state index is 10.8. The number of rotatable bonds is 11. The fourth-order valence-corrected chi connectivity index (χ4v) is 5.47. The van der Waals surface area contributed by atoms with Gasteiger partial charge in [-0.2, -0.15) is 5.01 Å². The van der Waals surface area contributed by atoms with E-state index in [0.717, 1.165) is 43.7 Å². The third-order valence-corrected chi connectivity index (χ3v) is 7.37. The molecule has 0 aromatic heterocycles.